The average molecular weight is 287 g/mol. The molecule has 3 N–H and O–H groups in total. The molecule has 0 spiro atoms. The first-order chi connectivity index (χ1) is 9.12. The molecule has 7 nitrogen and oxygen atoms in total. The van der Waals surface area contributed by atoms with Gasteiger partial charge in [0, 0.05) is 26.7 Å². The van der Waals surface area contributed by atoms with Crippen LogP contribution in [0, 0.1) is 0 Å². The summed E-state index contributed by atoms with van der Waals surface area (Å²) in [5.74, 6) is -0.323. The van der Waals surface area contributed by atoms with Gasteiger partial charge in [0.1, 0.15) is 16.2 Å². The number of carbonyl (C=O) groups is 1. The van der Waals surface area contributed by atoms with E-state index in [0.717, 1.165) is 18.0 Å². The van der Waals surface area contributed by atoms with Crippen molar-refractivity contribution in [3.8, 4) is 0 Å². The SMILES string of the molecule is COC(=O)c1c(N)nsc1NCC1(OC)CCOC1. The van der Waals surface area contributed by atoms with Crippen LogP contribution in [0.2, 0.25) is 0 Å². The number of nitrogens with zero attached hydrogens (tertiary/aromatic N) is 1. The molecule has 0 bridgehead atoms. The second kappa shape index (κ2) is 5.72. The summed E-state index contributed by atoms with van der Waals surface area (Å²) in [7, 11) is 2.96. The van der Waals surface area contributed by atoms with Gasteiger partial charge in [0.15, 0.2) is 5.82 Å². The van der Waals surface area contributed by atoms with Crippen molar-refractivity contribution in [3.63, 3.8) is 0 Å². The molecule has 1 aromatic heterocycles. The zero-order valence-corrected chi connectivity index (χ0v) is 11.7. The number of hydrogen-bond acceptors (Lipinski definition) is 8. The van der Waals surface area contributed by atoms with Crippen LogP contribution in [0.1, 0.15) is 16.8 Å². The van der Waals surface area contributed by atoms with E-state index in [4.69, 9.17) is 19.9 Å². The van der Waals surface area contributed by atoms with Gasteiger partial charge in [-0.05, 0) is 11.5 Å². The summed E-state index contributed by atoms with van der Waals surface area (Å²) in [4.78, 5) is 11.6. The summed E-state index contributed by atoms with van der Waals surface area (Å²) in [5.41, 5.74) is 5.58. The summed E-state index contributed by atoms with van der Waals surface area (Å²) in [6, 6.07) is 0. The quantitative estimate of drug-likeness (QED) is 0.771. The molecule has 1 aromatic rings. The van der Waals surface area contributed by atoms with E-state index in [9.17, 15) is 4.79 Å². The van der Waals surface area contributed by atoms with Crippen molar-refractivity contribution in [1.82, 2.24) is 4.37 Å². The van der Waals surface area contributed by atoms with Crippen LogP contribution in [0.3, 0.4) is 0 Å². The number of methoxy groups -OCH3 is 2. The molecule has 1 unspecified atom stereocenters. The number of nitrogens with two attached hydrogens (primary N) is 1. The zero-order chi connectivity index (χ0) is 13.9. The molecule has 1 saturated heterocycles. The van der Waals surface area contributed by atoms with Crippen molar-refractivity contribution < 1.29 is 19.0 Å². The molecule has 2 rings (SSSR count). The first-order valence-electron chi connectivity index (χ1n) is 5.82. The fourth-order valence-electron chi connectivity index (χ4n) is 1.92. The third-order valence-corrected chi connectivity index (χ3v) is 4.00. The van der Waals surface area contributed by atoms with E-state index < -0.39 is 5.97 Å². The highest BCUT2D eigenvalue weighted by Crippen LogP contribution is 2.29. The molecular weight excluding hydrogens is 270 g/mol. The number of ether oxygens (including phenoxy) is 3. The topological polar surface area (TPSA) is 95.7 Å². The van der Waals surface area contributed by atoms with E-state index in [1.165, 1.54) is 7.11 Å². The Morgan fingerprint density at radius 3 is 3.00 bits per heavy atom. The maximum Gasteiger partial charge on any atom is 0.344 e. The Kier molecular flexibility index (Phi) is 4.23. The number of anilines is 2. The van der Waals surface area contributed by atoms with Gasteiger partial charge in [-0.2, -0.15) is 4.37 Å². The van der Waals surface area contributed by atoms with Crippen molar-refractivity contribution in [2.45, 2.75) is 12.0 Å². The average Bonchev–Trinajstić information content (AvgIpc) is 3.03. The van der Waals surface area contributed by atoms with Gasteiger partial charge >= 0.3 is 5.97 Å². The highest BCUT2D eigenvalue weighted by Gasteiger charge is 2.35. The zero-order valence-electron chi connectivity index (χ0n) is 10.9. The first kappa shape index (κ1) is 14.0. The van der Waals surface area contributed by atoms with Crippen LogP contribution in [-0.4, -0.2) is 49.9 Å². The van der Waals surface area contributed by atoms with Gasteiger partial charge in [-0.25, -0.2) is 4.79 Å². The molecule has 2 heterocycles. The van der Waals surface area contributed by atoms with Gasteiger partial charge < -0.3 is 25.3 Å². The molecule has 1 atom stereocenters. The van der Waals surface area contributed by atoms with Crippen molar-refractivity contribution in [3.05, 3.63) is 5.56 Å². The molecule has 106 valence electrons. The third-order valence-electron chi connectivity index (χ3n) is 3.18. The van der Waals surface area contributed by atoms with E-state index in [0.29, 0.717) is 24.8 Å². The molecule has 8 heteroatoms. The smallest absolute Gasteiger partial charge is 0.344 e. The molecule has 0 saturated carbocycles. The highest BCUT2D eigenvalue weighted by atomic mass is 32.1. The van der Waals surface area contributed by atoms with Crippen LogP contribution in [0.15, 0.2) is 0 Å². The summed E-state index contributed by atoms with van der Waals surface area (Å²) in [6.07, 6.45) is 0.804. The molecule has 19 heavy (non-hydrogen) atoms. The van der Waals surface area contributed by atoms with Crippen LogP contribution in [0.4, 0.5) is 10.8 Å². The lowest BCUT2D eigenvalue weighted by Gasteiger charge is -2.26. The molecule has 1 fully saturated rings. The Hall–Kier alpha value is -1.38. The van der Waals surface area contributed by atoms with Crippen LogP contribution in [-0.2, 0) is 14.2 Å². The summed E-state index contributed by atoms with van der Waals surface area (Å²) >= 11 is 1.13. The summed E-state index contributed by atoms with van der Waals surface area (Å²) < 4.78 is 19.5. The molecule has 1 aliphatic heterocycles. The molecule has 0 aliphatic carbocycles. The van der Waals surface area contributed by atoms with E-state index in [2.05, 4.69) is 9.69 Å². The maximum atomic E-state index is 11.6. The fourth-order valence-corrected chi connectivity index (χ4v) is 2.62. The van der Waals surface area contributed by atoms with Crippen molar-refractivity contribution in [2.24, 2.45) is 0 Å². The number of aromatic nitrogens is 1. The van der Waals surface area contributed by atoms with Gasteiger partial charge in [-0.3, -0.25) is 0 Å². The Bertz CT molecular complexity index is 457. The number of esters is 1. The molecule has 1 aliphatic rings. The number of hydrogen-bond donors (Lipinski definition) is 2. The van der Waals surface area contributed by atoms with Crippen LogP contribution >= 0.6 is 11.5 Å². The Balaban J connectivity index is 2.09. The number of nitrogen functional groups attached to an aromatic ring is 1. The highest BCUT2D eigenvalue weighted by molar-refractivity contribution is 7.11. The van der Waals surface area contributed by atoms with Crippen LogP contribution in [0.5, 0.6) is 0 Å². The minimum Gasteiger partial charge on any atom is -0.465 e. The molecular formula is C11H17N3O4S. The maximum absolute atomic E-state index is 11.6. The van der Waals surface area contributed by atoms with Crippen LogP contribution < -0.4 is 11.1 Å². The van der Waals surface area contributed by atoms with Gasteiger partial charge in [-0.15, -0.1) is 0 Å². The van der Waals surface area contributed by atoms with E-state index >= 15 is 0 Å². The van der Waals surface area contributed by atoms with Crippen molar-refractivity contribution in [1.29, 1.82) is 0 Å². The Morgan fingerprint density at radius 2 is 2.42 bits per heavy atom. The Morgan fingerprint density at radius 1 is 1.63 bits per heavy atom. The minimum atomic E-state index is -0.497. The molecule has 0 amide bonds. The lowest BCUT2D eigenvalue weighted by Crippen LogP contribution is -2.39. The number of nitrogens with one attached hydrogen (secondary N) is 1. The fraction of sp³-hybridized carbons (Fsp3) is 0.636. The molecule has 0 aromatic carbocycles. The van der Waals surface area contributed by atoms with Crippen molar-refractivity contribution in [2.75, 3.05) is 45.0 Å². The first-order valence-corrected chi connectivity index (χ1v) is 6.59. The van der Waals surface area contributed by atoms with E-state index in [1.807, 2.05) is 0 Å². The summed E-state index contributed by atoms with van der Waals surface area (Å²) in [5, 5.41) is 3.74. The lowest BCUT2D eigenvalue weighted by molar-refractivity contribution is -0.00617. The second-order valence-electron chi connectivity index (χ2n) is 4.31. The van der Waals surface area contributed by atoms with Gasteiger partial charge in [0.05, 0.1) is 13.7 Å². The second-order valence-corrected chi connectivity index (χ2v) is 5.08. The largest absolute Gasteiger partial charge is 0.465 e. The molecule has 0 radical (unpaired) electrons. The predicted octanol–water partition coefficient (Wildman–Crippen LogP) is 0.729. The standard InChI is InChI=1S/C11H17N3O4S/c1-16-10(15)7-8(12)14-19-9(7)13-5-11(17-2)3-4-18-6-11/h13H,3-6H2,1-2H3,(H2,12,14). The van der Waals surface area contributed by atoms with Gasteiger partial charge in [0.25, 0.3) is 0 Å². The van der Waals surface area contributed by atoms with Gasteiger partial charge in [0.2, 0.25) is 0 Å². The summed E-state index contributed by atoms with van der Waals surface area (Å²) in [6.45, 7) is 1.72. The monoisotopic (exact) mass is 287 g/mol. The van der Waals surface area contributed by atoms with Crippen molar-refractivity contribution >= 4 is 28.3 Å². The third kappa shape index (κ3) is 2.80. The Labute approximate surface area is 115 Å². The van der Waals surface area contributed by atoms with E-state index in [1.54, 1.807) is 7.11 Å². The van der Waals surface area contributed by atoms with E-state index in [-0.39, 0.29) is 17.0 Å². The lowest BCUT2D eigenvalue weighted by atomic mass is 10.0. The predicted molar refractivity (Wildman–Crippen MR) is 71.5 cm³/mol. The van der Waals surface area contributed by atoms with Gasteiger partial charge in [-0.1, -0.05) is 0 Å². The number of rotatable bonds is 5. The normalized spacial score (nSPS) is 22.4. The number of carbonyl (C=O) groups excluding carboxylic acids is 1. The van der Waals surface area contributed by atoms with Crippen LogP contribution in [0.25, 0.3) is 0 Å². The minimum absolute atomic E-state index is 0.175.